The Kier molecular flexibility index (Phi) is 3.93. The Labute approximate surface area is 108 Å². The van der Waals surface area contributed by atoms with Gasteiger partial charge in [-0.3, -0.25) is 4.79 Å². The first-order valence-electron chi connectivity index (χ1n) is 6.31. The Hall–Kier alpha value is -1.26. The zero-order valence-electron chi connectivity index (χ0n) is 11.8. The summed E-state index contributed by atoms with van der Waals surface area (Å²) in [6.07, 6.45) is 0.844. The van der Waals surface area contributed by atoms with Crippen molar-refractivity contribution in [2.75, 3.05) is 6.54 Å². The van der Waals surface area contributed by atoms with E-state index in [-0.39, 0.29) is 6.04 Å². The van der Waals surface area contributed by atoms with Gasteiger partial charge in [0.25, 0.3) is 0 Å². The summed E-state index contributed by atoms with van der Waals surface area (Å²) in [6.45, 7) is 9.42. The standard InChI is InChI=1S/C13H23NO4/c1-9-13(5,10(15)16)7-6-8-14(9)11(17)18-12(2,3)4/h9H,6-8H2,1-5H3,(H,15,16)/t9-,13-/m1/s1. The molecule has 1 fully saturated rings. The molecular formula is C13H23NO4. The maximum Gasteiger partial charge on any atom is 0.410 e. The third-order valence-electron chi connectivity index (χ3n) is 3.60. The SMILES string of the molecule is C[C@H]1N(C(=O)OC(C)(C)C)CCC[C@@]1(C)C(=O)O. The van der Waals surface area contributed by atoms with Crippen LogP contribution < -0.4 is 0 Å². The molecule has 1 heterocycles. The Morgan fingerprint density at radius 2 is 1.94 bits per heavy atom. The monoisotopic (exact) mass is 257 g/mol. The predicted molar refractivity (Wildman–Crippen MR) is 67.4 cm³/mol. The minimum Gasteiger partial charge on any atom is -0.481 e. The molecule has 0 spiro atoms. The number of amides is 1. The molecule has 1 amide bonds. The number of likely N-dealkylation sites (tertiary alicyclic amines) is 1. The molecule has 0 unspecified atom stereocenters. The Bertz CT molecular complexity index is 347. The van der Waals surface area contributed by atoms with E-state index in [1.807, 2.05) is 0 Å². The first-order chi connectivity index (χ1) is 8.08. The van der Waals surface area contributed by atoms with Crippen molar-refractivity contribution >= 4 is 12.1 Å². The van der Waals surface area contributed by atoms with Crippen molar-refractivity contribution in [1.29, 1.82) is 0 Å². The van der Waals surface area contributed by atoms with Gasteiger partial charge in [-0.2, -0.15) is 0 Å². The minimum atomic E-state index is -0.894. The Balaban J connectivity index is 2.84. The molecule has 18 heavy (non-hydrogen) atoms. The maximum atomic E-state index is 12.0. The van der Waals surface area contributed by atoms with Crippen LogP contribution in [-0.2, 0) is 9.53 Å². The zero-order valence-corrected chi connectivity index (χ0v) is 11.8. The van der Waals surface area contributed by atoms with E-state index in [2.05, 4.69) is 0 Å². The number of piperidine rings is 1. The van der Waals surface area contributed by atoms with Gasteiger partial charge in [0.1, 0.15) is 5.60 Å². The highest BCUT2D eigenvalue weighted by atomic mass is 16.6. The molecule has 1 rings (SSSR count). The van der Waals surface area contributed by atoms with E-state index in [1.54, 1.807) is 34.6 Å². The summed E-state index contributed by atoms with van der Waals surface area (Å²) in [5, 5.41) is 9.32. The fraction of sp³-hybridized carbons (Fsp3) is 0.846. The second-order valence-corrected chi connectivity index (χ2v) is 6.18. The molecule has 0 aromatic rings. The lowest BCUT2D eigenvalue weighted by Crippen LogP contribution is -2.55. The first kappa shape index (κ1) is 14.8. The van der Waals surface area contributed by atoms with E-state index >= 15 is 0 Å². The number of nitrogens with zero attached hydrogens (tertiary/aromatic N) is 1. The van der Waals surface area contributed by atoms with E-state index < -0.39 is 23.1 Å². The smallest absolute Gasteiger partial charge is 0.410 e. The molecule has 104 valence electrons. The van der Waals surface area contributed by atoms with Gasteiger partial charge < -0.3 is 14.7 Å². The molecule has 0 aromatic heterocycles. The number of carbonyl (C=O) groups excluding carboxylic acids is 1. The second kappa shape index (κ2) is 4.78. The van der Waals surface area contributed by atoms with Gasteiger partial charge in [0, 0.05) is 12.6 Å². The molecule has 1 aliphatic heterocycles. The number of ether oxygens (including phenoxy) is 1. The van der Waals surface area contributed by atoms with Gasteiger partial charge in [-0.1, -0.05) is 0 Å². The van der Waals surface area contributed by atoms with E-state index in [4.69, 9.17) is 4.74 Å². The summed E-state index contributed by atoms with van der Waals surface area (Å²) in [5.74, 6) is -0.858. The van der Waals surface area contributed by atoms with Crippen LogP contribution in [0, 0.1) is 5.41 Å². The van der Waals surface area contributed by atoms with Crippen molar-refractivity contribution in [2.45, 2.75) is 59.1 Å². The summed E-state index contributed by atoms with van der Waals surface area (Å²) < 4.78 is 5.31. The molecule has 1 aliphatic rings. The lowest BCUT2D eigenvalue weighted by atomic mass is 9.75. The number of rotatable bonds is 1. The van der Waals surface area contributed by atoms with Crippen LogP contribution in [0.4, 0.5) is 4.79 Å². The predicted octanol–water partition coefficient (Wildman–Crippen LogP) is 2.50. The summed E-state index contributed by atoms with van der Waals surface area (Å²) in [5.41, 5.74) is -1.46. The van der Waals surface area contributed by atoms with Crippen LogP contribution in [0.1, 0.15) is 47.5 Å². The fourth-order valence-corrected chi connectivity index (χ4v) is 2.22. The third kappa shape index (κ3) is 2.94. The van der Waals surface area contributed by atoms with Crippen LogP contribution >= 0.6 is 0 Å². The molecule has 0 bridgehead atoms. The highest BCUT2D eigenvalue weighted by molar-refractivity contribution is 5.77. The van der Waals surface area contributed by atoms with E-state index in [0.717, 1.165) is 0 Å². The number of hydrogen-bond donors (Lipinski definition) is 1. The quantitative estimate of drug-likeness (QED) is 0.783. The molecule has 5 heteroatoms. The largest absolute Gasteiger partial charge is 0.481 e. The van der Waals surface area contributed by atoms with Crippen molar-refractivity contribution in [1.82, 2.24) is 4.90 Å². The topological polar surface area (TPSA) is 66.8 Å². The van der Waals surface area contributed by atoms with Gasteiger partial charge in [-0.25, -0.2) is 4.79 Å². The molecule has 0 aliphatic carbocycles. The summed E-state index contributed by atoms with van der Waals surface area (Å²) in [6, 6.07) is -0.362. The second-order valence-electron chi connectivity index (χ2n) is 6.18. The molecule has 1 saturated heterocycles. The molecule has 2 atom stereocenters. The Morgan fingerprint density at radius 3 is 2.39 bits per heavy atom. The summed E-state index contributed by atoms with van der Waals surface area (Å²) in [7, 11) is 0. The van der Waals surface area contributed by atoms with Crippen LogP contribution in [0.25, 0.3) is 0 Å². The lowest BCUT2D eigenvalue weighted by molar-refractivity contribution is -0.154. The fourth-order valence-electron chi connectivity index (χ4n) is 2.22. The van der Waals surface area contributed by atoms with Crippen molar-refractivity contribution < 1.29 is 19.4 Å². The normalized spacial score (nSPS) is 28.9. The molecule has 0 aromatic carbocycles. The molecule has 5 nitrogen and oxygen atoms in total. The molecule has 1 N–H and O–H groups in total. The number of hydrogen-bond acceptors (Lipinski definition) is 3. The van der Waals surface area contributed by atoms with Crippen LogP contribution in [0.2, 0.25) is 0 Å². The van der Waals surface area contributed by atoms with Crippen LogP contribution in [0.3, 0.4) is 0 Å². The van der Waals surface area contributed by atoms with Gasteiger partial charge >= 0.3 is 12.1 Å². The van der Waals surface area contributed by atoms with Crippen LogP contribution in [0.5, 0.6) is 0 Å². The number of carbonyl (C=O) groups is 2. The van der Waals surface area contributed by atoms with Gasteiger partial charge in [0.05, 0.1) is 5.41 Å². The van der Waals surface area contributed by atoms with Crippen molar-refractivity contribution in [2.24, 2.45) is 5.41 Å². The summed E-state index contributed by atoms with van der Waals surface area (Å²) in [4.78, 5) is 24.9. The van der Waals surface area contributed by atoms with E-state index in [9.17, 15) is 14.7 Å². The van der Waals surface area contributed by atoms with E-state index in [0.29, 0.717) is 19.4 Å². The molecular weight excluding hydrogens is 234 g/mol. The molecule has 0 saturated carbocycles. The lowest BCUT2D eigenvalue weighted by Gasteiger charge is -2.44. The van der Waals surface area contributed by atoms with Crippen LogP contribution in [-0.4, -0.2) is 40.3 Å². The van der Waals surface area contributed by atoms with Gasteiger partial charge in [0.2, 0.25) is 0 Å². The van der Waals surface area contributed by atoms with Crippen LogP contribution in [0.15, 0.2) is 0 Å². The highest BCUT2D eigenvalue weighted by Crippen LogP contribution is 2.36. The Morgan fingerprint density at radius 1 is 1.39 bits per heavy atom. The average Bonchev–Trinajstić information content (AvgIpc) is 2.19. The van der Waals surface area contributed by atoms with Gasteiger partial charge in [0.15, 0.2) is 0 Å². The maximum absolute atomic E-state index is 12.0. The highest BCUT2D eigenvalue weighted by Gasteiger charge is 2.46. The van der Waals surface area contributed by atoms with Crippen molar-refractivity contribution in [3.8, 4) is 0 Å². The number of carboxylic acids is 1. The zero-order chi connectivity index (χ0) is 14.1. The van der Waals surface area contributed by atoms with Crippen molar-refractivity contribution in [3.05, 3.63) is 0 Å². The molecule has 0 radical (unpaired) electrons. The van der Waals surface area contributed by atoms with Gasteiger partial charge in [-0.05, 0) is 47.5 Å². The third-order valence-corrected chi connectivity index (χ3v) is 3.60. The van der Waals surface area contributed by atoms with E-state index in [1.165, 1.54) is 4.90 Å². The van der Waals surface area contributed by atoms with Crippen molar-refractivity contribution in [3.63, 3.8) is 0 Å². The summed E-state index contributed by atoms with van der Waals surface area (Å²) >= 11 is 0. The number of aliphatic carboxylic acids is 1. The average molecular weight is 257 g/mol. The first-order valence-corrected chi connectivity index (χ1v) is 6.31. The minimum absolute atomic E-state index is 0.362. The number of carboxylic acid groups (broad SMARTS) is 1. The van der Waals surface area contributed by atoms with Gasteiger partial charge in [-0.15, -0.1) is 0 Å².